The molecule has 184 valence electrons. The summed E-state index contributed by atoms with van der Waals surface area (Å²) < 4.78 is 7.03. The van der Waals surface area contributed by atoms with E-state index in [0.717, 1.165) is 0 Å². The molecule has 1 atom stereocenters. The largest absolute Gasteiger partial charge is 0.497 e. The predicted molar refractivity (Wildman–Crippen MR) is 139 cm³/mol. The Morgan fingerprint density at radius 3 is 2.43 bits per heavy atom. The lowest BCUT2D eigenvalue weighted by molar-refractivity contribution is -0.113. The standard InChI is InChI=1S/C25H28ClN5O3S/c1-5-14-31-23(22(16(2)3)28-24(33)17-6-12-20(34-4)13-7-17)29-30-25(31)35-15-21(32)27-19-10-8-18(26)9-11-19/h5-13,16,22H,1,14-15H2,2-4H3,(H,27,32)(H,28,33)/t22-/m1/s1. The fourth-order valence-electron chi connectivity index (χ4n) is 3.29. The molecule has 0 aliphatic heterocycles. The first-order valence-electron chi connectivity index (χ1n) is 11.0. The quantitative estimate of drug-likeness (QED) is 0.277. The summed E-state index contributed by atoms with van der Waals surface area (Å²) in [7, 11) is 1.58. The van der Waals surface area contributed by atoms with Gasteiger partial charge in [-0.25, -0.2) is 0 Å². The monoisotopic (exact) mass is 513 g/mol. The molecule has 2 aromatic carbocycles. The Labute approximate surface area is 214 Å². The lowest BCUT2D eigenvalue weighted by Crippen LogP contribution is -2.33. The number of amides is 2. The second kappa shape index (κ2) is 12.4. The van der Waals surface area contributed by atoms with Gasteiger partial charge in [0, 0.05) is 22.8 Å². The summed E-state index contributed by atoms with van der Waals surface area (Å²) >= 11 is 7.15. The number of allylic oxidation sites excluding steroid dienone is 1. The van der Waals surface area contributed by atoms with Crippen molar-refractivity contribution in [3.63, 3.8) is 0 Å². The minimum atomic E-state index is -0.394. The van der Waals surface area contributed by atoms with E-state index in [1.165, 1.54) is 11.8 Å². The van der Waals surface area contributed by atoms with Crippen molar-refractivity contribution < 1.29 is 14.3 Å². The number of ether oxygens (including phenoxy) is 1. The Kier molecular flexibility index (Phi) is 9.33. The van der Waals surface area contributed by atoms with Crippen LogP contribution in [0.25, 0.3) is 0 Å². The molecule has 0 fully saturated rings. The van der Waals surface area contributed by atoms with Gasteiger partial charge in [0.25, 0.3) is 5.91 Å². The van der Waals surface area contributed by atoms with Crippen molar-refractivity contribution in [1.82, 2.24) is 20.1 Å². The minimum Gasteiger partial charge on any atom is -0.497 e. The maximum absolute atomic E-state index is 12.9. The smallest absolute Gasteiger partial charge is 0.251 e. The van der Waals surface area contributed by atoms with Crippen molar-refractivity contribution in [2.45, 2.75) is 31.6 Å². The summed E-state index contributed by atoms with van der Waals surface area (Å²) in [6.45, 7) is 8.26. The van der Waals surface area contributed by atoms with Gasteiger partial charge >= 0.3 is 0 Å². The van der Waals surface area contributed by atoms with Crippen LogP contribution in [0.15, 0.2) is 66.3 Å². The highest BCUT2D eigenvalue weighted by Gasteiger charge is 2.26. The molecule has 0 spiro atoms. The number of carbonyl (C=O) groups excluding carboxylic acids is 2. The Morgan fingerprint density at radius 1 is 1.14 bits per heavy atom. The molecule has 0 aliphatic rings. The van der Waals surface area contributed by atoms with Crippen molar-refractivity contribution in [3.05, 3.63) is 77.6 Å². The highest BCUT2D eigenvalue weighted by atomic mass is 35.5. The molecule has 1 aromatic heterocycles. The number of nitrogens with one attached hydrogen (secondary N) is 2. The third kappa shape index (κ3) is 7.10. The van der Waals surface area contributed by atoms with Gasteiger partial charge < -0.3 is 19.9 Å². The molecule has 0 aliphatic carbocycles. The Hall–Kier alpha value is -3.30. The molecule has 10 heteroatoms. The number of methoxy groups -OCH3 is 1. The molecular weight excluding hydrogens is 486 g/mol. The molecular formula is C25H28ClN5O3S. The van der Waals surface area contributed by atoms with Crippen molar-refractivity contribution in [2.75, 3.05) is 18.2 Å². The van der Waals surface area contributed by atoms with E-state index in [1.807, 2.05) is 18.4 Å². The van der Waals surface area contributed by atoms with Crippen LogP contribution in [-0.4, -0.2) is 39.4 Å². The van der Waals surface area contributed by atoms with E-state index in [9.17, 15) is 9.59 Å². The molecule has 3 rings (SSSR count). The number of aromatic nitrogens is 3. The molecule has 8 nitrogen and oxygen atoms in total. The van der Waals surface area contributed by atoms with Gasteiger partial charge in [0.1, 0.15) is 5.75 Å². The summed E-state index contributed by atoms with van der Waals surface area (Å²) in [4.78, 5) is 25.4. The predicted octanol–water partition coefficient (Wildman–Crippen LogP) is 4.98. The molecule has 35 heavy (non-hydrogen) atoms. The van der Waals surface area contributed by atoms with Crippen LogP contribution in [0.1, 0.15) is 36.1 Å². The normalized spacial score (nSPS) is 11.7. The second-order valence-corrected chi connectivity index (χ2v) is 9.39. The van der Waals surface area contributed by atoms with Gasteiger partial charge in [-0.3, -0.25) is 9.59 Å². The first-order chi connectivity index (χ1) is 16.8. The summed E-state index contributed by atoms with van der Waals surface area (Å²) in [6, 6.07) is 13.4. The number of hydrogen-bond acceptors (Lipinski definition) is 6. The molecule has 0 bridgehead atoms. The number of carbonyl (C=O) groups is 2. The Balaban J connectivity index is 1.73. The maximum Gasteiger partial charge on any atom is 0.251 e. The van der Waals surface area contributed by atoms with Gasteiger partial charge in [-0.15, -0.1) is 16.8 Å². The average Bonchev–Trinajstić information content (AvgIpc) is 3.24. The highest BCUT2D eigenvalue weighted by molar-refractivity contribution is 7.99. The van der Waals surface area contributed by atoms with Gasteiger partial charge in [-0.1, -0.05) is 43.3 Å². The van der Waals surface area contributed by atoms with Gasteiger partial charge in [-0.05, 0) is 54.4 Å². The SMILES string of the molecule is C=CCn1c(SCC(=O)Nc2ccc(Cl)cc2)nnc1[C@H](NC(=O)c1ccc(OC)cc1)C(C)C. The van der Waals surface area contributed by atoms with Crippen LogP contribution in [0.4, 0.5) is 5.69 Å². The fraction of sp³-hybridized carbons (Fsp3) is 0.280. The molecule has 1 heterocycles. The number of nitrogens with zero attached hydrogens (tertiary/aromatic N) is 3. The molecule has 3 aromatic rings. The van der Waals surface area contributed by atoms with Crippen LogP contribution in [0, 0.1) is 5.92 Å². The van der Waals surface area contributed by atoms with Crippen LogP contribution in [0.3, 0.4) is 0 Å². The van der Waals surface area contributed by atoms with Crippen LogP contribution < -0.4 is 15.4 Å². The van der Waals surface area contributed by atoms with Gasteiger partial charge in [0.05, 0.1) is 18.9 Å². The van der Waals surface area contributed by atoms with Crippen molar-refractivity contribution in [3.8, 4) is 5.75 Å². The van der Waals surface area contributed by atoms with Crippen LogP contribution >= 0.6 is 23.4 Å². The zero-order valence-electron chi connectivity index (χ0n) is 19.8. The van der Waals surface area contributed by atoms with Crippen molar-refractivity contribution in [1.29, 1.82) is 0 Å². The number of halogens is 1. The van der Waals surface area contributed by atoms with E-state index in [-0.39, 0.29) is 23.5 Å². The fourth-order valence-corrected chi connectivity index (χ4v) is 4.18. The number of thioether (sulfide) groups is 1. The lowest BCUT2D eigenvalue weighted by Gasteiger charge is -2.22. The van der Waals surface area contributed by atoms with Gasteiger partial charge in [-0.2, -0.15) is 0 Å². The summed E-state index contributed by atoms with van der Waals surface area (Å²) in [6.07, 6.45) is 1.73. The third-order valence-corrected chi connectivity index (χ3v) is 6.32. The van der Waals surface area contributed by atoms with Gasteiger partial charge in [0.15, 0.2) is 11.0 Å². The zero-order chi connectivity index (χ0) is 25.4. The Morgan fingerprint density at radius 2 is 1.83 bits per heavy atom. The number of rotatable bonds is 11. The molecule has 0 saturated heterocycles. The van der Waals surface area contributed by atoms with Crippen molar-refractivity contribution >= 4 is 40.9 Å². The highest BCUT2D eigenvalue weighted by Crippen LogP contribution is 2.26. The van der Waals surface area contributed by atoms with Gasteiger partial charge in [0.2, 0.25) is 5.91 Å². The number of benzene rings is 2. The van der Waals surface area contributed by atoms with E-state index in [1.54, 1.807) is 61.7 Å². The lowest BCUT2D eigenvalue weighted by atomic mass is 10.0. The summed E-state index contributed by atoms with van der Waals surface area (Å²) in [5.74, 6) is 1.05. The average molecular weight is 514 g/mol. The molecule has 0 saturated carbocycles. The van der Waals surface area contributed by atoms with E-state index in [2.05, 4.69) is 27.4 Å². The summed E-state index contributed by atoms with van der Waals surface area (Å²) in [5, 5.41) is 15.7. The van der Waals surface area contributed by atoms with Crippen molar-refractivity contribution in [2.24, 2.45) is 5.92 Å². The maximum atomic E-state index is 12.9. The van der Waals surface area contributed by atoms with E-state index in [0.29, 0.717) is 39.5 Å². The van der Waals surface area contributed by atoms with Crippen LogP contribution in [0.2, 0.25) is 5.02 Å². The molecule has 0 radical (unpaired) electrons. The van der Waals surface area contributed by atoms with E-state index < -0.39 is 6.04 Å². The van der Waals surface area contributed by atoms with Crippen LogP contribution in [-0.2, 0) is 11.3 Å². The second-order valence-electron chi connectivity index (χ2n) is 8.01. The van der Waals surface area contributed by atoms with E-state index >= 15 is 0 Å². The number of anilines is 1. The topological polar surface area (TPSA) is 98.1 Å². The number of hydrogen-bond donors (Lipinski definition) is 2. The molecule has 2 amide bonds. The first-order valence-corrected chi connectivity index (χ1v) is 12.4. The van der Waals surface area contributed by atoms with E-state index in [4.69, 9.17) is 16.3 Å². The molecule has 0 unspecified atom stereocenters. The van der Waals surface area contributed by atoms with Crippen LogP contribution in [0.5, 0.6) is 5.75 Å². The summed E-state index contributed by atoms with van der Waals surface area (Å²) in [5.41, 5.74) is 1.18. The minimum absolute atomic E-state index is 0.0380. The third-order valence-electron chi connectivity index (χ3n) is 5.10. The zero-order valence-corrected chi connectivity index (χ0v) is 21.4. The first kappa shape index (κ1) is 26.3. The molecule has 2 N–H and O–H groups in total. The Bertz CT molecular complexity index is 1160.